The Hall–Kier alpha value is -4.04. The molecule has 7 nitrogen and oxygen atoms in total. The molecular formula is C24H17N3O4S. The largest absolute Gasteiger partial charge is 0.494 e. The fraction of sp³-hybridized carbons (Fsp3) is 0.0833. The van der Waals surface area contributed by atoms with Gasteiger partial charge in [0, 0.05) is 5.56 Å². The summed E-state index contributed by atoms with van der Waals surface area (Å²) < 4.78 is 6.41. The summed E-state index contributed by atoms with van der Waals surface area (Å²) in [6.45, 7) is 2.49. The van der Waals surface area contributed by atoms with E-state index in [0.29, 0.717) is 34.1 Å². The molecule has 158 valence electrons. The highest BCUT2D eigenvalue weighted by atomic mass is 32.1. The van der Waals surface area contributed by atoms with Gasteiger partial charge in [-0.05, 0) is 61.5 Å². The van der Waals surface area contributed by atoms with E-state index in [-0.39, 0.29) is 17.7 Å². The fourth-order valence-corrected chi connectivity index (χ4v) is 4.46. The molecule has 3 amide bonds. The normalized spacial score (nSPS) is 12.8. The van der Waals surface area contributed by atoms with Crippen LogP contribution in [0.4, 0.5) is 10.8 Å². The average Bonchev–Trinajstić information content (AvgIpc) is 3.32. The van der Waals surface area contributed by atoms with E-state index in [0.717, 1.165) is 20.9 Å². The van der Waals surface area contributed by atoms with Crippen molar-refractivity contribution in [3.63, 3.8) is 0 Å². The zero-order chi connectivity index (χ0) is 22.2. The van der Waals surface area contributed by atoms with Crippen molar-refractivity contribution in [2.75, 3.05) is 16.8 Å². The minimum absolute atomic E-state index is 0.331. The lowest BCUT2D eigenvalue weighted by Crippen LogP contribution is -2.29. The molecule has 5 rings (SSSR count). The molecular weight excluding hydrogens is 426 g/mol. The van der Waals surface area contributed by atoms with Crippen LogP contribution in [0.5, 0.6) is 5.75 Å². The number of rotatable bonds is 5. The minimum Gasteiger partial charge on any atom is -0.494 e. The van der Waals surface area contributed by atoms with Gasteiger partial charge in [0.2, 0.25) is 0 Å². The Balaban J connectivity index is 1.33. The smallest absolute Gasteiger partial charge is 0.266 e. The third-order valence-electron chi connectivity index (χ3n) is 5.07. The van der Waals surface area contributed by atoms with Gasteiger partial charge in [0.1, 0.15) is 5.75 Å². The Labute approximate surface area is 187 Å². The number of amides is 3. The van der Waals surface area contributed by atoms with Gasteiger partial charge in [0.05, 0.1) is 33.6 Å². The predicted molar refractivity (Wildman–Crippen MR) is 123 cm³/mol. The van der Waals surface area contributed by atoms with Crippen molar-refractivity contribution >= 4 is 50.1 Å². The molecule has 0 atom stereocenters. The fourth-order valence-electron chi connectivity index (χ4n) is 3.57. The number of nitrogens with zero attached hydrogens (tertiary/aromatic N) is 2. The summed E-state index contributed by atoms with van der Waals surface area (Å²) in [5, 5.41) is 3.28. The van der Waals surface area contributed by atoms with Gasteiger partial charge < -0.3 is 4.74 Å². The van der Waals surface area contributed by atoms with E-state index in [9.17, 15) is 14.4 Å². The Morgan fingerprint density at radius 3 is 2.34 bits per heavy atom. The second kappa shape index (κ2) is 7.90. The summed E-state index contributed by atoms with van der Waals surface area (Å²) >= 11 is 1.36. The molecule has 0 saturated carbocycles. The van der Waals surface area contributed by atoms with E-state index in [1.54, 1.807) is 48.5 Å². The molecule has 2 heterocycles. The quantitative estimate of drug-likeness (QED) is 0.450. The van der Waals surface area contributed by atoms with Crippen molar-refractivity contribution in [1.82, 2.24) is 4.98 Å². The van der Waals surface area contributed by atoms with Gasteiger partial charge in [-0.3, -0.25) is 19.7 Å². The molecule has 0 radical (unpaired) electrons. The van der Waals surface area contributed by atoms with Crippen molar-refractivity contribution in [3.8, 4) is 5.75 Å². The van der Waals surface area contributed by atoms with Crippen LogP contribution in [0.3, 0.4) is 0 Å². The molecule has 1 aromatic heterocycles. The van der Waals surface area contributed by atoms with Gasteiger partial charge in [0.25, 0.3) is 17.7 Å². The first-order valence-electron chi connectivity index (χ1n) is 9.98. The number of hydrogen-bond acceptors (Lipinski definition) is 6. The maximum atomic E-state index is 12.7. The second-order valence-electron chi connectivity index (χ2n) is 7.07. The minimum atomic E-state index is -0.372. The number of thiazole rings is 1. The maximum Gasteiger partial charge on any atom is 0.266 e. The van der Waals surface area contributed by atoms with E-state index < -0.39 is 0 Å². The number of carbonyl (C=O) groups excluding carboxylic acids is 3. The van der Waals surface area contributed by atoms with Crippen LogP contribution in [-0.4, -0.2) is 29.3 Å². The van der Waals surface area contributed by atoms with E-state index >= 15 is 0 Å². The molecule has 0 spiro atoms. The molecule has 0 aliphatic carbocycles. The van der Waals surface area contributed by atoms with Gasteiger partial charge in [-0.25, -0.2) is 9.88 Å². The van der Waals surface area contributed by atoms with Crippen LogP contribution in [-0.2, 0) is 0 Å². The van der Waals surface area contributed by atoms with Gasteiger partial charge in [0.15, 0.2) is 5.13 Å². The highest BCUT2D eigenvalue weighted by Crippen LogP contribution is 2.31. The lowest BCUT2D eigenvalue weighted by molar-refractivity contribution is 0.0925. The van der Waals surface area contributed by atoms with Crippen LogP contribution < -0.4 is 15.0 Å². The summed E-state index contributed by atoms with van der Waals surface area (Å²) in [5.74, 6) is -0.319. The molecule has 1 aliphatic heterocycles. The van der Waals surface area contributed by atoms with Crippen molar-refractivity contribution in [1.29, 1.82) is 0 Å². The molecule has 0 saturated heterocycles. The molecule has 1 N–H and O–H groups in total. The van der Waals surface area contributed by atoms with Crippen LogP contribution in [0.2, 0.25) is 0 Å². The number of anilines is 2. The SMILES string of the molecule is CCOc1ccc2nc(NC(=O)c3ccc(N4C(=O)c5ccccc5C4=O)cc3)sc2c1. The van der Waals surface area contributed by atoms with Crippen molar-refractivity contribution in [2.24, 2.45) is 0 Å². The molecule has 0 bridgehead atoms. The highest BCUT2D eigenvalue weighted by Gasteiger charge is 2.36. The molecule has 8 heteroatoms. The monoisotopic (exact) mass is 443 g/mol. The number of carbonyl (C=O) groups is 3. The number of ether oxygens (including phenoxy) is 1. The van der Waals surface area contributed by atoms with Crippen LogP contribution in [0, 0.1) is 0 Å². The Morgan fingerprint density at radius 2 is 1.69 bits per heavy atom. The highest BCUT2D eigenvalue weighted by molar-refractivity contribution is 7.22. The van der Waals surface area contributed by atoms with Crippen molar-refractivity contribution in [3.05, 3.63) is 83.4 Å². The topological polar surface area (TPSA) is 88.6 Å². The first kappa shape index (κ1) is 19.9. The van der Waals surface area contributed by atoms with Crippen LogP contribution in [0.15, 0.2) is 66.7 Å². The van der Waals surface area contributed by atoms with Gasteiger partial charge >= 0.3 is 0 Å². The summed E-state index contributed by atoms with van der Waals surface area (Å²) in [6.07, 6.45) is 0. The molecule has 0 unspecified atom stereocenters. The van der Waals surface area contributed by atoms with Crippen LogP contribution in [0.1, 0.15) is 38.0 Å². The van der Waals surface area contributed by atoms with Crippen LogP contribution >= 0.6 is 11.3 Å². The van der Waals surface area contributed by atoms with Gasteiger partial charge in [-0.1, -0.05) is 23.5 Å². The Morgan fingerprint density at radius 1 is 1.00 bits per heavy atom. The summed E-state index contributed by atoms with van der Waals surface area (Å²) in [6, 6.07) is 18.6. The maximum absolute atomic E-state index is 12.7. The number of imide groups is 1. The molecule has 3 aromatic carbocycles. The first-order chi connectivity index (χ1) is 15.5. The lowest BCUT2D eigenvalue weighted by Gasteiger charge is -2.14. The van der Waals surface area contributed by atoms with Gasteiger partial charge in [-0.15, -0.1) is 0 Å². The van der Waals surface area contributed by atoms with E-state index in [4.69, 9.17) is 4.74 Å². The Bertz CT molecular complexity index is 1340. The average molecular weight is 443 g/mol. The van der Waals surface area contributed by atoms with E-state index in [1.807, 2.05) is 25.1 Å². The number of hydrogen-bond donors (Lipinski definition) is 1. The third-order valence-corrected chi connectivity index (χ3v) is 6.01. The standard InChI is InChI=1S/C24H17N3O4S/c1-2-31-16-11-12-19-20(13-16)32-24(25-19)26-21(28)14-7-9-15(10-8-14)27-22(29)17-5-3-4-6-18(17)23(27)30/h3-13H,2H2,1H3,(H,25,26,28). The zero-order valence-corrected chi connectivity index (χ0v) is 17.8. The Kier molecular flexibility index (Phi) is 4.91. The number of fused-ring (bicyclic) bond motifs is 2. The summed E-state index contributed by atoms with van der Waals surface area (Å²) in [5.41, 5.74) is 2.33. The third kappa shape index (κ3) is 3.40. The molecule has 32 heavy (non-hydrogen) atoms. The molecule has 1 aliphatic rings. The second-order valence-corrected chi connectivity index (χ2v) is 8.10. The predicted octanol–water partition coefficient (Wildman–Crippen LogP) is 4.75. The van der Waals surface area contributed by atoms with Crippen molar-refractivity contribution < 1.29 is 19.1 Å². The molecule has 0 fully saturated rings. The van der Waals surface area contributed by atoms with Crippen LogP contribution in [0.25, 0.3) is 10.2 Å². The van der Waals surface area contributed by atoms with E-state index in [2.05, 4.69) is 10.3 Å². The summed E-state index contributed by atoms with van der Waals surface area (Å²) in [7, 11) is 0. The summed E-state index contributed by atoms with van der Waals surface area (Å²) in [4.78, 5) is 43.5. The molecule has 4 aromatic rings. The number of aromatic nitrogens is 1. The van der Waals surface area contributed by atoms with Gasteiger partial charge in [-0.2, -0.15) is 0 Å². The van der Waals surface area contributed by atoms with Crippen molar-refractivity contribution in [2.45, 2.75) is 6.92 Å². The zero-order valence-electron chi connectivity index (χ0n) is 17.0. The lowest BCUT2D eigenvalue weighted by atomic mass is 10.1. The number of benzene rings is 3. The number of nitrogens with one attached hydrogen (secondary N) is 1. The van der Waals surface area contributed by atoms with E-state index in [1.165, 1.54) is 11.3 Å². The first-order valence-corrected chi connectivity index (χ1v) is 10.8.